The zero-order chi connectivity index (χ0) is 14.8. The third-order valence-electron chi connectivity index (χ3n) is 2.70. The number of alkyl halides is 3. The maximum Gasteiger partial charge on any atom is 0.418 e. The van der Waals surface area contributed by atoms with E-state index in [9.17, 15) is 13.2 Å². The topological polar surface area (TPSA) is 12.0 Å². The molecule has 0 bridgehead atoms. The summed E-state index contributed by atoms with van der Waals surface area (Å²) in [6.45, 7) is 0.281. The molecule has 0 fully saturated rings. The first-order chi connectivity index (χ1) is 9.38. The normalized spacial score (nSPS) is 11.4. The predicted molar refractivity (Wildman–Crippen MR) is 82.9 cm³/mol. The van der Waals surface area contributed by atoms with Gasteiger partial charge in [-0.1, -0.05) is 29.8 Å². The molecule has 0 saturated heterocycles. The number of rotatable bonds is 3. The van der Waals surface area contributed by atoms with E-state index >= 15 is 0 Å². The van der Waals surface area contributed by atoms with Gasteiger partial charge in [0.15, 0.2) is 0 Å². The second-order valence-electron chi connectivity index (χ2n) is 4.14. The van der Waals surface area contributed by atoms with Crippen LogP contribution in [0.25, 0.3) is 0 Å². The van der Waals surface area contributed by atoms with E-state index in [1.165, 1.54) is 12.1 Å². The van der Waals surface area contributed by atoms with Gasteiger partial charge in [-0.25, -0.2) is 0 Å². The third-order valence-corrected chi connectivity index (χ3v) is 3.74. The molecule has 0 aliphatic rings. The molecule has 2 aromatic rings. The van der Waals surface area contributed by atoms with E-state index in [4.69, 9.17) is 11.6 Å². The summed E-state index contributed by atoms with van der Waals surface area (Å²) in [6, 6.07) is 11.3. The minimum Gasteiger partial charge on any atom is -0.379 e. The molecule has 0 aliphatic carbocycles. The summed E-state index contributed by atoms with van der Waals surface area (Å²) >= 11 is 8.03. The van der Waals surface area contributed by atoms with E-state index in [0.717, 1.165) is 15.2 Å². The number of halogens is 5. The Labute approximate surface area is 133 Å². The van der Waals surface area contributed by atoms with Crippen molar-refractivity contribution in [3.05, 3.63) is 62.2 Å². The number of hydrogen-bond donors (Lipinski definition) is 1. The van der Waals surface area contributed by atoms with Crippen LogP contribution < -0.4 is 5.32 Å². The van der Waals surface area contributed by atoms with Gasteiger partial charge in [0.05, 0.1) is 16.3 Å². The predicted octanol–water partition coefficient (Wildman–Crippen LogP) is 5.58. The van der Waals surface area contributed by atoms with Crippen LogP contribution in [0, 0.1) is 3.57 Å². The lowest BCUT2D eigenvalue weighted by atomic mass is 10.1. The van der Waals surface area contributed by atoms with E-state index in [0.29, 0.717) is 0 Å². The standard InChI is InChI=1S/C14H10ClF3IN/c15-12-3-1-2-11(14(16,17)18)13(12)20-8-9-4-6-10(19)7-5-9/h1-7,20H,8H2. The summed E-state index contributed by atoms with van der Waals surface area (Å²) in [5.74, 6) is 0. The second kappa shape index (κ2) is 6.22. The highest BCUT2D eigenvalue weighted by Gasteiger charge is 2.34. The van der Waals surface area contributed by atoms with Crippen molar-refractivity contribution in [3.8, 4) is 0 Å². The van der Waals surface area contributed by atoms with Crippen molar-refractivity contribution in [2.24, 2.45) is 0 Å². The largest absolute Gasteiger partial charge is 0.418 e. The number of hydrogen-bond acceptors (Lipinski definition) is 1. The Balaban J connectivity index is 2.23. The van der Waals surface area contributed by atoms with E-state index in [2.05, 4.69) is 27.9 Å². The number of para-hydroxylation sites is 1. The Morgan fingerprint density at radius 1 is 1.05 bits per heavy atom. The number of anilines is 1. The Kier molecular flexibility index (Phi) is 4.80. The van der Waals surface area contributed by atoms with E-state index in [-0.39, 0.29) is 17.3 Å². The summed E-state index contributed by atoms with van der Waals surface area (Å²) < 4.78 is 39.8. The van der Waals surface area contributed by atoms with Gasteiger partial charge < -0.3 is 5.32 Å². The maximum absolute atomic E-state index is 12.9. The summed E-state index contributed by atoms with van der Waals surface area (Å²) in [5, 5.41) is 2.83. The molecule has 0 aromatic heterocycles. The Hall–Kier alpha value is -0.950. The zero-order valence-electron chi connectivity index (χ0n) is 10.1. The van der Waals surface area contributed by atoms with Gasteiger partial charge in [-0.05, 0) is 52.4 Å². The molecule has 0 unspecified atom stereocenters. The van der Waals surface area contributed by atoms with Crippen molar-refractivity contribution in [1.29, 1.82) is 0 Å². The van der Waals surface area contributed by atoms with Crippen molar-refractivity contribution in [1.82, 2.24) is 0 Å². The van der Waals surface area contributed by atoms with Crippen LogP contribution >= 0.6 is 34.2 Å². The molecule has 6 heteroatoms. The highest BCUT2D eigenvalue weighted by atomic mass is 127. The Morgan fingerprint density at radius 2 is 1.70 bits per heavy atom. The lowest BCUT2D eigenvalue weighted by Gasteiger charge is -2.16. The molecular weight excluding hydrogens is 402 g/mol. The minimum absolute atomic E-state index is 0.0605. The molecule has 2 aromatic carbocycles. The minimum atomic E-state index is -4.43. The van der Waals surface area contributed by atoms with Crippen molar-refractivity contribution < 1.29 is 13.2 Å². The first-order valence-electron chi connectivity index (χ1n) is 5.72. The molecule has 0 amide bonds. The molecule has 1 N–H and O–H groups in total. The molecular formula is C14H10ClF3IN. The van der Waals surface area contributed by atoms with Crippen molar-refractivity contribution in [2.45, 2.75) is 12.7 Å². The highest BCUT2D eigenvalue weighted by Crippen LogP contribution is 2.38. The van der Waals surface area contributed by atoms with Gasteiger partial charge in [0.25, 0.3) is 0 Å². The van der Waals surface area contributed by atoms with Crippen LogP contribution in [0.5, 0.6) is 0 Å². The van der Waals surface area contributed by atoms with Crippen molar-refractivity contribution in [2.75, 3.05) is 5.32 Å². The highest BCUT2D eigenvalue weighted by molar-refractivity contribution is 14.1. The Bertz CT molecular complexity index is 596. The summed E-state index contributed by atoms with van der Waals surface area (Å²) in [4.78, 5) is 0. The fourth-order valence-electron chi connectivity index (χ4n) is 1.73. The van der Waals surface area contributed by atoms with Crippen molar-refractivity contribution in [3.63, 3.8) is 0 Å². The Morgan fingerprint density at radius 3 is 2.30 bits per heavy atom. The van der Waals surface area contributed by atoms with Crippen LogP contribution in [0.3, 0.4) is 0 Å². The molecule has 0 spiro atoms. The van der Waals surface area contributed by atoms with Crippen LogP contribution in [0.1, 0.15) is 11.1 Å². The average Bonchev–Trinajstić information content (AvgIpc) is 2.38. The molecule has 0 saturated carbocycles. The van der Waals surface area contributed by atoms with Crippen LogP contribution in [-0.2, 0) is 12.7 Å². The van der Waals surface area contributed by atoms with Crippen LogP contribution in [-0.4, -0.2) is 0 Å². The third kappa shape index (κ3) is 3.79. The van der Waals surface area contributed by atoms with Gasteiger partial charge in [-0.2, -0.15) is 13.2 Å². The van der Waals surface area contributed by atoms with Crippen molar-refractivity contribution >= 4 is 39.9 Å². The molecule has 106 valence electrons. The van der Waals surface area contributed by atoms with Crippen LogP contribution in [0.15, 0.2) is 42.5 Å². The smallest absolute Gasteiger partial charge is 0.379 e. The van der Waals surface area contributed by atoms with Gasteiger partial charge in [0.2, 0.25) is 0 Å². The fraction of sp³-hybridized carbons (Fsp3) is 0.143. The van der Waals surface area contributed by atoms with Gasteiger partial charge in [0, 0.05) is 10.1 Å². The lowest BCUT2D eigenvalue weighted by Crippen LogP contribution is -2.11. The average molecular weight is 412 g/mol. The fourth-order valence-corrected chi connectivity index (χ4v) is 2.33. The molecule has 0 radical (unpaired) electrons. The molecule has 1 nitrogen and oxygen atoms in total. The van der Waals surface area contributed by atoms with E-state index in [1.807, 2.05) is 24.3 Å². The first-order valence-corrected chi connectivity index (χ1v) is 7.17. The maximum atomic E-state index is 12.9. The molecule has 0 aliphatic heterocycles. The van der Waals surface area contributed by atoms with Crippen LogP contribution in [0.4, 0.5) is 18.9 Å². The first kappa shape index (κ1) is 15.4. The van der Waals surface area contributed by atoms with Gasteiger partial charge >= 0.3 is 6.18 Å². The summed E-state index contributed by atoms with van der Waals surface area (Å²) in [7, 11) is 0. The van der Waals surface area contributed by atoms with E-state index < -0.39 is 11.7 Å². The van der Waals surface area contributed by atoms with Crippen LogP contribution in [0.2, 0.25) is 5.02 Å². The number of benzene rings is 2. The zero-order valence-corrected chi connectivity index (χ0v) is 13.1. The monoisotopic (exact) mass is 411 g/mol. The SMILES string of the molecule is FC(F)(F)c1cccc(Cl)c1NCc1ccc(I)cc1. The molecule has 0 atom stereocenters. The molecule has 0 heterocycles. The molecule has 2 rings (SSSR count). The number of nitrogens with one attached hydrogen (secondary N) is 1. The quantitative estimate of drug-likeness (QED) is 0.651. The summed E-state index contributed by atoms with van der Waals surface area (Å²) in [6.07, 6.45) is -4.43. The molecule has 20 heavy (non-hydrogen) atoms. The lowest BCUT2D eigenvalue weighted by molar-refractivity contribution is -0.136. The van der Waals surface area contributed by atoms with Gasteiger partial charge in [-0.3, -0.25) is 0 Å². The van der Waals surface area contributed by atoms with E-state index in [1.54, 1.807) is 0 Å². The van der Waals surface area contributed by atoms with Gasteiger partial charge in [-0.15, -0.1) is 0 Å². The van der Waals surface area contributed by atoms with Gasteiger partial charge in [0.1, 0.15) is 0 Å². The second-order valence-corrected chi connectivity index (χ2v) is 5.79. The summed E-state index contributed by atoms with van der Waals surface area (Å²) in [5.41, 5.74) is 0.0502.